The van der Waals surface area contributed by atoms with E-state index >= 15 is 0 Å². The van der Waals surface area contributed by atoms with Gasteiger partial charge in [-0.3, -0.25) is 10.1 Å². The van der Waals surface area contributed by atoms with Crippen LogP contribution in [-0.2, 0) is 14.3 Å². The number of nitrogens with zero attached hydrogens (tertiary/aromatic N) is 1. The van der Waals surface area contributed by atoms with E-state index in [0.29, 0.717) is 11.4 Å². The van der Waals surface area contributed by atoms with Gasteiger partial charge in [0.15, 0.2) is 12.4 Å². The van der Waals surface area contributed by atoms with Crippen LogP contribution in [-0.4, -0.2) is 35.3 Å². The third-order valence-corrected chi connectivity index (χ3v) is 2.97. The average Bonchev–Trinajstić information content (AvgIpc) is 2.96. The summed E-state index contributed by atoms with van der Waals surface area (Å²) in [6.07, 6.45) is -0.643. The summed E-state index contributed by atoms with van der Waals surface area (Å²) in [6.45, 7) is 6.42. The van der Waals surface area contributed by atoms with Crippen molar-refractivity contribution in [2.45, 2.75) is 33.3 Å². The first kappa shape index (κ1) is 20.0. The molecule has 27 heavy (non-hydrogen) atoms. The Morgan fingerprint density at radius 3 is 2.52 bits per heavy atom. The van der Waals surface area contributed by atoms with E-state index in [1.54, 1.807) is 39.8 Å². The van der Waals surface area contributed by atoms with Gasteiger partial charge in [0, 0.05) is 11.8 Å². The molecule has 144 valence electrons. The molecule has 2 rings (SSSR count). The number of anilines is 2. The second kappa shape index (κ2) is 8.35. The summed E-state index contributed by atoms with van der Waals surface area (Å²) in [5, 5.41) is 8.57. The lowest BCUT2D eigenvalue weighted by molar-refractivity contribution is -0.119. The molecule has 9 heteroatoms. The first-order chi connectivity index (χ1) is 12.6. The molecule has 0 unspecified atom stereocenters. The highest BCUT2D eigenvalue weighted by atomic mass is 16.6. The van der Waals surface area contributed by atoms with Crippen molar-refractivity contribution in [3.8, 4) is 0 Å². The molecular formula is C18H21N3O6. The summed E-state index contributed by atoms with van der Waals surface area (Å²) in [5.41, 5.74) is -0.106. The third-order valence-electron chi connectivity index (χ3n) is 2.97. The number of aryl methyl sites for hydroxylation is 1. The predicted molar refractivity (Wildman–Crippen MR) is 96.5 cm³/mol. The molecule has 0 aliphatic rings. The molecule has 0 aliphatic carbocycles. The number of aromatic nitrogens is 1. The molecule has 1 aromatic heterocycles. The van der Waals surface area contributed by atoms with Crippen molar-refractivity contribution in [1.29, 1.82) is 0 Å². The van der Waals surface area contributed by atoms with E-state index in [-0.39, 0.29) is 11.4 Å². The summed E-state index contributed by atoms with van der Waals surface area (Å²) >= 11 is 0. The van der Waals surface area contributed by atoms with Crippen LogP contribution in [0.15, 0.2) is 34.9 Å². The highest BCUT2D eigenvalue weighted by Crippen LogP contribution is 2.14. The highest BCUT2D eigenvalue weighted by Gasteiger charge is 2.17. The normalized spacial score (nSPS) is 10.8. The number of esters is 1. The van der Waals surface area contributed by atoms with E-state index in [0.717, 1.165) is 0 Å². The van der Waals surface area contributed by atoms with Crippen LogP contribution < -0.4 is 10.6 Å². The monoisotopic (exact) mass is 375 g/mol. The average molecular weight is 375 g/mol. The molecule has 0 radical (unpaired) electrons. The molecule has 1 heterocycles. The van der Waals surface area contributed by atoms with E-state index < -0.39 is 30.2 Å². The van der Waals surface area contributed by atoms with Crippen LogP contribution in [0.25, 0.3) is 0 Å². The Bertz CT molecular complexity index is 838. The van der Waals surface area contributed by atoms with Crippen molar-refractivity contribution < 1.29 is 28.4 Å². The number of ether oxygens (including phenoxy) is 2. The zero-order valence-electron chi connectivity index (χ0n) is 15.5. The van der Waals surface area contributed by atoms with Crippen LogP contribution in [0.3, 0.4) is 0 Å². The number of carbonyl (C=O) groups is 3. The summed E-state index contributed by atoms with van der Waals surface area (Å²) in [4.78, 5) is 35.6. The Kier molecular flexibility index (Phi) is 6.17. The number of hydrogen-bond donors (Lipinski definition) is 2. The van der Waals surface area contributed by atoms with Crippen molar-refractivity contribution in [2.75, 3.05) is 17.2 Å². The lowest BCUT2D eigenvalue weighted by atomic mass is 10.2. The molecule has 2 aromatic rings. The quantitative estimate of drug-likeness (QED) is 0.770. The number of benzene rings is 1. The maximum absolute atomic E-state index is 12.1. The lowest BCUT2D eigenvalue weighted by Crippen LogP contribution is -2.27. The summed E-state index contributed by atoms with van der Waals surface area (Å²) in [5.74, 6) is -0.497. The largest absolute Gasteiger partial charge is 0.452 e. The molecular weight excluding hydrogens is 354 g/mol. The maximum atomic E-state index is 12.1. The Hall–Kier alpha value is -3.36. The van der Waals surface area contributed by atoms with Gasteiger partial charge in [-0.15, -0.1) is 0 Å². The van der Waals surface area contributed by atoms with Gasteiger partial charge in [0.2, 0.25) is 0 Å². The van der Waals surface area contributed by atoms with Crippen LogP contribution in [0.5, 0.6) is 0 Å². The molecule has 2 N–H and O–H groups in total. The molecule has 1 aromatic carbocycles. The van der Waals surface area contributed by atoms with Crippen molar-refractivity contribution in [2.24, 2.45) is 0 Å². The van der Waals surface area contributed by atoms with Crippen LogP contribution in [0.1, 0.15) is 36.9 Å². The van der Waals surface area contributed by atoms with Crippen molar-refractivity contribution in [3.05, 3.63) is 41.7 Å². The van der Waals surface area contributed by atoms with E-state index in [2.05, 4.69) is 15.8 Å². The van der Waals surface area contributed by atoms with Gasteiger partial charge in [-0.1, -0.05) is 11.2 Å². The predicted octanol–water partition coefficient (Wildman–Crippen LogP) is 3.13. The van der Waals surface area contributed by atoms with Crippen molar-refractivity contribution in [1.82, 2.24) is 5.16 Å². The molecule has 2 amide bonds. The van der Waals surface area contributed by atoms with Crippen LogP contribution >= 0.6 is 0 Å². The van der Waals surface area contributed by atoms with Gasteiger partial charge < -0.3 is 19.3 Å². The van der Waals surface area contributed by atoms with Gasteiger partial charge >= 0.3 is 12.1 Å². The second-order valence-electron chi connectivity index (χ2n) is 6.65. The van der Waals surface area contributed by atoms with Gasteiger partial charge in [0.1, 0.15) is 11.4 Å². The highest BCUT2D eigenvalue weighted by molar-refractivity contribution is 5.96. The Morgan fingerprint density at radius 2 is 1.89 bits per heavy atom. The van der Waals surface area contributed by atoms with Crippen molar-refractivity contribution in [3.63, 3.8) is 0 Å². The van der Waals surface area contributed by atoms with Gasteiger partial charge in [-0.2, -0.15) is 0 Å². The van der Waals surface area contributed by atoms with Gasteiger partial charge in [-0.25, -0.2) is 9.59 Å². The minimum atomic E-state index is -0.714. The minimum Gasteiger partial charge on any atom is -0.452 e. The minimum absolute atomic E-state index is 0.175. The first-order valence-corrected chi connectivity index (χ1v) is 8.13. The van der Waals surface area contributed by atoms with Crippen LogP contribution in [0, 0.1) is 6.92 Å². The molecule has 0 saturated carbocycles. The standard InChI is InChI=1S/C18H21N3O6/c1-11-8-14(21-27-11)20-15(22)10-25-16(23)12-6-5-7-13(9-12)19-17(24)26-18(2,3)4/h5-9H,10H2,1-4H3,(H,19,24)(H,20,21,22). The Morgan fingerprint density at radius 1 is 1.15 bits per heavy atom. The van der Waals surface area contributed by atoms with E-state index in [1.807, 2.05) is 0 Å². The number of amides is 2. The summed E-state index contributed by atoms with van der Waals surface area (Å²) in [7, 11) is 0. The van der Waals surface area contributed by atoms with Crippen molar-refractivity contribution >= 4 is 29.5 Å². The molecule has 9 nitrogen and oxygen atoms in total. The SMILES string of the molecule is Cc1cc(NC(=O)COC(=O)c2cccc(NC(=O)OC(C)(C)C)c2)no1. The Labute approximate surface area is 156 Å². The van der Waals surface area contributed by atoms with E-state index in [9.17, 15) is 14.4 Å². The number of nitrogens with one attached hydrogen (secondary N) is 2. The van der Waals surface area contributed by atoms with Crippen LogP contribution in [0.4, 0.5) is 16.3 Å². The fourth-order valence-electron chi connectivity index (χ4n) is 1.96. The fourth-order valence-corrected chi connectivity index (χ4v) is 1.96. The molecule has 0 fully saturated rings. The lowest BCUT2D eigenvalue weighted by Gasteiger charge is -2.19. The zero-order chi connectivity index (χ0) is 20.0. The second-order valence-corrected chi connectivity index (χ2v) is 6.65. The molecule has 0 spiro atoms. The van der Waals surface area contributed by atoms with Gasteiger partial charge in [0.05, 0.1) is 5.56 Å². The van der Waals surface area contributed by atoms with E-state index in [1.165, 1.54) is 18.2 Å². The number of carbonyl (C=O) groups excluding carboxylic acids is 3. The Balaban J connectivity index is 1.88. The molecule has 0 bridgehead atoms. The molecule has 0 saturated heterocycles. The first-order valence-electron chi connectivity index (χ1n) is 8.13. The zero-order valence-corrected chi connectivity index (χ0v) is 15.5. The molecule has 0 aliphatic heterocycles. The smallest absolute Gasteiger partial charge is 0.412 e. The van der Waals surface area contributed by atoms with Gasteiger partial charge in [-0.05, 0) is 45.9 Å². The maximum Gasteiger partial charge on any atom is 0.412 e. The van der Waals surface area contributed by atoms with E-state index in [4.69, 9.17) is 14.0 Å². The summed E-state index contributed by atoms with van der Waals surface area (Å²) in [6, 6.07) is 7.63. The van der Waals surface area contributed by atoms with Crippen LogP contribution in [0.2, 0.25) is 0 Å². The number of hydrogen-bond acceptors (Lipinski definition) is 7. The third kappa shape index (κ3) is 6.81. The topological polar surface area (TPSA) is 120 Å². The van der Waals surface area contributed by atoms with Gasteiger partial charge in [0.25, 0.3) is 5.91 Å². The molecule has 0 atom stereocenters. The number of rotatable bonds is 5. The summed E-state index contributed by atoms with van der Waals surface area (Å²) < 4.78 is 14.9. The fraction of sp³-hybridized carbons (Fsp3) is 0.333.